The molecule has 5 heterocycles. The van der Waals surface area contributed by atoms with Gasteiger partial charge < -0.3 is 8.98 Å². The normalized spacial score (nSPS) is 12.0. The SMILES string of the molecule is c1ccc(-c2nc(-c3cccc4oc5ccc(-c6ccc(-c7ccccc7)c7sc8ccccc8c67)cc5c34)nc(-n3c4ccccc4c4ccc5c6ccccc6n(-c6ccccc6)c5c43)n2)cc1. The molecule has 7 heteroatoms. The van der Waals surface area contributed by atoms with Gasteiger partial charge in [0.2, 0.25) is 5.95 Å². The second-order valence-electron chi connectivity index (χ2n) is 17.9. The van der Waals surface area contributed by atoms with Crippen molar-refractivity contribution >= 4 is 97.1 Å². The van der Waals surface area contributed by atoms with Gasteiger partial charge in [-0.3, -0.25) is 4.57 Å². The molecule has 0 aliphatic carbocycles. The zero-order valence-corrected chi connectivity index (χ0v) is 38.2. The number of rotatable bonds is 6. The molecule has 15 aromatic rings. The van der Waals surface area contributed by atoms with Crippen LogP contribution < -0.4 is 0 Å². The smallest absolute Gasteiger partial charge is 0.238 e. The van der Waals surface area contributed by atoms with E-state index in [0.29, 0.717) is 17.6 Å². The summed E-state index contributed by atoms with van der Waals surface area (Å²) in [4.78, 5) is 16.3. The maximum atomic E-state index is 6.71. The number of benzene rings is 10. The highest BCUT2D eigenvalue weighted by molar-refractivity contribution is 7.26. The topological polar surface area (TPSA) is 61.7 Å². The Morgan fingerprint density at radius 1 is 0.357 bits per heavy atom. The van der Waals surface area contributed by atoms with Crippen LogP contribution >= 0.6 is 11.3 Å². The molecule has 6 nitrogen and oxygen atoms in total. The molecule has 326 valence electrons. The Labute approximate surface area is 404 Å². The fraction of sp³-hybridized carbons (Fsp3) is 0. The monoisotopic (exact) mass is 911 g/mol. The minimum Gasteiger partial charge on any atom is -0.456 e. The lowest BCUT2D eigenvalue weighted by molar-refractivity contribution is 0.669. The molecule has 0 N–H and O–H groups in total. The molecular formula is C63H37N5OS. The zero-order valence-electron chi connectivity index (χ0n) is 37.4. The lowest BCUT2D eigenvalue weighted by Crippen LogP contribution is -2.07. The highest BCUT2D eigenvalue weighted by Crippen LogP contribution is 2.47. The second-order valence-corrected chi connectivity index (χ2v) is 18.9. The van der Waals surface area contributed by atoms with Crippen LogP contribution in [0.4, 0.5) is 0 Å². The predicted molar refractivity (Wildman–Crippen MR) is 290 cm³/mol. The van der Waals surface area contributed by atoms with E-state index >= 15 is 0 Å². The molecule has 0 amide bonds. The first-order chi connectivity index (χ1) is 34.7. The fourth-order valence-corrected chi connectivity index (χ4v) is 12.2. The highest BCUT2D eigenvalue weighted by atomic mass is 32.1. The van der Waals surface area contributed by atoms with E-state index in [2.05, 4.69) is 203 Å². The van der Waals surface area contributed by atoms with Crippen LogP contribution in [0.15, 0.2) is 229 Å². The summed E-state index contributed by atoms with van der Waals surface area (Å²) in [5, 5.41) is 9.04. The third-order valence-electron chi connectivity index (χ3n) is 14.0. The molecule has 70 heavy (non-hydrogen) atoms. The molecule has 10 aromatic carbocycles. The number of thiophene rings is 1. The number of hydrogen-bond acceptors (Lipinski definition) is 5. The summed E-state index contributed by atoms with van der Waals surface area (Å²) in [5.41, 5.74) is 13.4. The first-order valence-corrected chi connectivity index (χ1v) is 24.3. The molecule has 0 aliphatic rings. The largest absolute Gasteiger partial charge is 0.456 e. The molecule has 0 fully saturated rings. The van der Waals surface area contributed by atoms with E-state index in [1.807, 2.05) is 41.7 Å². The molecule has 0 saturated heterocycles. The van der Waals surface area contributed by atoms with E-state index in [1.54, 1.807) is 0 Å². The van der Waals surface area contributed by atoms with Gasteiger partial charge in [0.25, 0.3) is 0 Å². The van der Waals surface area contributed by atoms with Crippen LogP contribution in [0.1, 0.15) is 0 Å². The summed E-state index contributed by atoms with van der Waals surface area (Å²) >= 11 is 1.86. The van der Waals surface area contributed by atoms with Gasteiger partial charge in [-0.1, -0.05) is 176 Å². The second kappa shape index (κ2) is 15.2. The van der Waals surface area contributed by atoms with Gasteiger partial charge in [-0.2, -0.15) is 9.97 Å². The summed E-state index contributed by atoms with van der Waals surface area (Å²) in [5.74, 6) is 1.67. The Morgan fingerprint density at radius 3 is 1.73 bits per heavy atom. The Kier molecular flexibility index (Phi) is 8.43. The Hall–Kier alpha value is -9.17. The van der Waals surface area contributed by atoms with Crippen LogP contribution in [-0.2, 0) is 0 Å². The van der Waals surface area contributed by atoms with E-state index in [1.165, 1.54) is 42.2 Å². The van der Waals surface area contributed by atoms with E-state index in [-0.39, 0.29) is 0 Å². The zero-order chi connectivity index (χ0) is 45.9. The number of para-hydroxylation sites is 3. The van der Waals surface area contributed by atoms with Crippen molar-refractivity contribution in [1.82, 2.24) is 24.1 Å². The van der Waals surface area contributed by atoms with Gasteiger partial charge >= 0.3 is 0 Å². The minimum absolute atomic E-state index is 0.531. The van der Waals surface area contributed by atoms with Crippen LogP contribution in [0.3, 0.4) is 0 Å². The van der Waals surface area contributed by atoms with Crippen LogP contribution in [-0.4, -0.2) is 24.1 Å². The van der Waals surface area contributed by atoms with Crippen molar-refractivity contribution in [2.75, 3.05) is 0 Å². The van der Waals surface area contributed by atoms with Gasteiger partial charge in [0.05, 0.1) is 22.1 Å². The van der Waals surface area contributed by atoms with Gasteiger partial charge in [-0.15, -0.1) is 11.3 Å². The molecule has 0 radical (unpaired) electrons. The summed E-state index contributed by atoms with van der Waals surface area (Å²) in [7, 11) is 0. The van der Waals surface area contributed by atoms with E-state index in [9.17, 15) is 0 Å². The predicted octanol–water partition coefficient (Wildman–Crippen LogP) is 17.0. The lowest BCUT2D eigenvalue weighted by atomic mass is 9.94. The van der Waals surface area contributed by atoms with Crippen molar-refractivity contribution in [2.45, 2.75) is 0 Å². The third-order valence-corrected chi connectivity index (χ3v) is 15.2. The van der Waals surface area contributed by atoms with Gasteiger partial charge in [0.1, 0.15) is 11.2 Å². The van der Waals surface area contributed by atoms with Crippen molar-refractivity contribution in [3.05, 3.63) is 224 Å². The first-order valence-electron chi connectivity index (χ1n) is 23.5. The van der Waals surface area contributed by atoms with Crippen LogP contribution in [0.5, 0.6) is 0 Å². The fourth-order valence-electron chi connectivity index (χ4n) is 10.9. The maximum absolute atomic E-state index is 6.71. The van der Waals surface area contributed by atoms with Gasteiger partial charge in [0.15, 0.2) is 11.6 Å². The quantitative estimate of drug-likeness (QED) is 0.167. The standard InChI is InChI=1S/C63H37N5OS/c1-4-17-38(18-5-1)43-33-32-42(57-48-25-12-15-30-55(48)70-60(43)57)40-31-36-53-50(37-40)56-49(26-16-29-54(56)69-53)62-64-61(39-19-6-2-7-20-39)65-63(66-62)68-52-28-14-11-24-45(52)47-35-34-46-44-23-10-13-27-51(44)67(58(46)59(47)68)41-21-8-3-9-22-41/h1-37H. The lowest BCUT2D eigenvalue weighted by Gasteiger charge is -2.13. The Bertz CT molecular complexity index is 4590. The Morgan fingerprint density at radius 2 is 0.971 bits per heavy atom. The van der Waals surface area contributed by atoms with Crippen molar-refractivity contribution in [1.29, 1.82) is 0 Å². The average molecular weight is 912 g/mol. The molecule has 0 bridgehead atoms. The molecule has 0 aliphatic heterocycles. The van der Waals surface area contributed by atoms with E-state index < -0.39 is 0 Å². The van der Waals surface area contributed by atoms with Crippen LogP contribution in [0.2, 0.25) is 0 Å². The first kappa shape index (κ1) is 38.9. The highest BCUT2D eigenvalue weighted by Gasteiger charge is 2.25. The van der Waals surface area contributed by atoms with Crippen LogP contribution in [0, 0.1) is 0 Å². The molecular weight excluding hydrogens is 875 g/mol. The van der Waals surface area contributed by atoms with Gasteiger partial charge in [-0.05, 0) is 70.8 Å². The summed E-state index contributed by atoms with van der Waals surface area (Å²) in [6.07, 6.45) is 0. The number of hydrogen-bond donors (Lipinski definition) is 0. The summed E-state index contributed by atoms with van der Waals surface area (Å²) in [6.45, 7) is 0. The molecule has 0 atom stereocenters. The van der Waals surface area contributed by atoms with Crippen molar-refractivity contribution in [2.24, 2.45) is 0 Å². The Balaban J connectivity index is 1.00. The van der Waals surface area contributed by atoms with Crippen LogP contribution in [0.25, 0.3) is 142 Å². The van der Waals surface area contributed by atoms with Crippen molar-refractivity contribution in [3.63, 3.8) is 0 Å². The third kappa shape index (κ3) is 5.76. The molecule has 15 rings (SSSR count). The van der Waals surface area contributed by atoms with E-state index in [4.69, 9.17) is 19.4 Å². The number of aromatic nitrogens is 5. The van der Waals surface area contributed by atoms with E-state index in [0.717, 1.165) is 82.5 Å². The number of furan rings is 1. The average Bonchev–Trinajstić information content (AvgIpc) is 4.19. The van der Waals surface area contributed by atoms with Crippen molar-refractivity contribution in [3.8, 4) is 56.7 Å². The number of nitrogens with zero attached hydrogens (tertiary/aromatic N) is 5. The summed E-state index contributed by atoms with van der Waals surface area (Å²) in [6, 6.07) is 79.5. The maximum Gasteiger partial charge on any atom is 0.238 e. The molecule has 0 spiro atoms. The molecule has 0 unspecified atom stereocenters. The molecule has 0 saturated carbocycles. The minimum atomic E-state index is 0.531. The van der Waals surface area contributed by atoms with Gasteiger partial charge in [-0.25, -0.2) is 4.98 Å². The van der Waals surface area contributed by atoms with Gasteiger partial charge in [0, 0.05) is 69.3 Å². The summed E-state index contributed by atoms with van der Waals surface area (Å²) < 4.78 is 13.9. The number of fused-ring (bicyclic) bond motifs is 13. The van der Waals surface area contributed by atoms with Crippen molar-refractivity contribution < 1.29 is 4.42 Å². The molecule has 5 aromatic heterocycles.